The van der Waals surface area contributed by atoms with Crippen molar-refractivity contribution >= 4 is 11.4 Å². The maximum Gasteiger partial charge on any atom is 0.144 e. The molecular formula is C11H18N2O3. The number of ether oxygens (including phenoxy) is 1. The number of benzene rings is 1. The third kappa shape index (κ3) is 3.60. The number of hydrogen-bond donors (Lipinski definition) is 4. The molecule has 90 valence electrons. The Kier molecular flexibility index (Phi) is 4.88. The number of hydrogen-bond acceptors (Lipinski definition) is 5. The van der Waals surface area contributed by atoms with Crippen LogP contribution in [-0.2, 0) is 0 Å². The quantitative estimate of drug-likeness (QED) is 0.528. The number of nitrogens with one attached hydrogen (secondary N) is 1. The van der Waals surface area contributed by atoms with E-state index < -0.39 is 6.10 Å². The van der Waals surface area contributed by atoms with E-state index in [9.17, 15) is 5.11 Å². The molecule has 0 saturated heterocycles. The fourth-order valence-electron chi connectivity index (χ4n) is 1.23. The lowest BCUT2D eigenvalue weighted by molar-refractivity contribution is 0.105. The molecule has 1 rings (SSSR count). The number of anilines is 2. The number of aliphatic hydroxyl groups is 2. The van der Waals surface area contributed by atoms with Crippen LogP contribution < -0.4 is 15.8 Å². The minimum absolute atomic E-state index is 0.264. The van der Waals surface area contributed by atoms with Gasteiger partial charge in [0.25, 0.3) is 0 Å². The van der Waals surface area contributed by atoms with Crippen LogP contribution in [0.15, 0.2) is 18.2 Å². The normalized spacial score (nSPS) is 12.2. The fourth-order valence-corrected chi connectivity index (χ4v) is 1.23. The van der Waals surface area contributed by atoms with E-state index in [-0.39, 0.29) is 13.2 Å². The Morgan fingerprint density at radius 3 is 2.88 bits per heavy atom. The molecule has 1 aromatic carbocycles. The van der Waals surface area contributed by atoms with E-state index in [1.54, 1.807) is 18.2 Å². The van der Waals surface area contributed by atoms with Crippen molar-refractivity contribution in [2.45, 2.75) is 13.0 Å². The van der Waals surface area contributed by atoms with Crippen LogP contribution in [0.5, 0.6) is 5.75 Å². The second-order valence-electron chi connectivity index (χ2n) is 3.40. The van der Waals surface area contributed by atoms with Crippen LogP contribution in [0.3, 0.4) is 0 Å². The first kappa shape index (κ1) is 12.6. The Labute approximate surface area is 94.8 Å². The van der Waals surface area contributed by atoms with E-state index in [0.29, 0.717) is 18.0 Å². The molecule has 1 aromatic rings. The lowest BCUT2D eigenvalue weighted by Crippen LogP contribution is -2.22. The number of nitrogens with two attached hydrogens (primary N) is 1. The van der Waals surface area contributed by atoms with Crippen LogP contribution in [-0.4, -0.2) is 36.1 Å². The first-order chi connectivity index (χ1) is 7.67. The Bertz CT molecular complexity index is 331. The molecule has 0 aliphatic rings. The van der Waals surface area contributed by atoms with Crippen molar-refractivity contribution in [1.82, 2.24) is 0 Å². The summed E-state index contributed by atoms with van der Waals surface area (Å²) >= 11 is 0. The van der Waals surface area contributed by atoms with Gasteiger partial charge in [0.2, 0.25) is 0 Å². The molecule has 0 aliphatic heterocycles. The molecule has 5 N–H and O–H groups in total. The topological polar surface area (TPSA) is 87.7 Å². The predicted octanol–water partition coefficient (Wildman–Crippen LogP) is 0.433. The van der Waals surface area contributed by atoms with E-state index in [1.807, 2.05) is 6.92 Å². The SMILES string of the molecule is CCOc1cc(NCC(O)CO)ccc1N. The van der Waals surface area contributed by atoms with E-state index >= 15 is 0 Å². The lowest BCUT2D eigenvalue weighted by Gasteiger charge is -2.12. The Hall–Kier alpha value is -1.46. The highest BCUT2D eigenvalue weighted by Crippen LogP contribution is 2.25. The fraction of sp³-hybridized carbons (Fsp3) is 0.455. The van der Waals surface area contributed by atoms with Crippen LogP contribution in [0.25, 0.3) is 0 Å². The van der Waals surface area contributed by atoms with Crippen LogP contribution in [0.2, 0.25) is 0 Å². The zero-order valence-electron chi connectivity index (χ0n) is 9.31. The summed E-state index contributed by atoms with van der Waals surface area (Å²) in [6.45, 7) is 2.45. The van der Waals surface area contributed by atoms with Gasteiger partial charge in [0, 0.05) is 18.3 Å². The summed E-state index contributed by atoms with van der Waals surface area (Å²) in [6, 6.07) is 5.30. The summed E-state index contributed by atoms with van der Waals surface area (Å²) < 4.78 is 5.33. The van der Waals surface area contributed by atoms with Gasteiger partial charge in [0.05, 0.1) is 25.0 Å². The highest BCUT2D eigenvalue weighted by molar-refractivity contribution is 5.61. The molecule has 0 heterocycles. The highest BCUT2D eigenvalue weighted by atomic mass is 16.5. The molecule has 0 bridgehead atoms. The van der Waals surface area contributed by atoms with Gasteiger partial charge in [-0.05, 0) is 19.1 Å². The first-order valence-electron chi connectivity index (χ1n) is 5.22. The standard InChI is InChI=1S/C11H18N2O3/c1-2-16-11-5-8(3-4-10(11)12)13-6-9(15)7-14/h3-5,9,13-15H,2,6-7,12H2,1H3. The summed E-state index contributed by atoms with van der Waals surface area (Å²) in [4.78, 5) is 0. The Balaban J connectivity index is 2.63. The third-order valence-electron chi connectivity index (χ3n) is 2.07. The zero-order chi connectivity index (χ0) is 12.0. The zero-order valence-corrected chi connectivity index (χ0v) is 9.31. The highest BCUT2D eigenvalue weighted by Gasteiger charge is 2.04. The predicted molar refractivity (Wildman–Crippen MR) is 63.6 cm³/mol. The summed E-state index contributed by atoms with van der Waals surface area (Å²) in [6.07, 6.45) is -0.770. The molecule has 0 aromatic heterocycles. The molecule has 0 radical (unpaired) electrons. The molecule has 5 heteroatoms. The van der Waals surface area contributed by atoms with Gasteiger partial charge < -0.3 is 26.0 Å². The van der Waals surface area contributed by atoms with Crippen molar-refractivity contribution in [2.75, 3.05) is 30.8 Å². The summed E-state index contributed by atoms with van der Waals surface area (Å²) in [7, 11) is 0. The second kappa shape index (κ2) is 6.19. The summed E-state index contributed by atoms with van der Waals surface area (Å²) in [5.74, 6) is 0.617. The van der Waals surface area contributed by atoms with Gasteiger partial charge in [0.15, 0.2) is 0 Å². The van der Waals surface area contributed by atoms with Gasteiger partial charge in [-0.15, -0.1) is 0 Å². The summed E-state index contributed by atoms with van der Waals surface area (Å²) in [5, 5.41) is 20.8. The molecule has 0 aliphatic carbocycles. The molecule has 0 spiro atoms. The van der Waals surface area contributed by atoms with Gasteiger partial charge in [-0.25, -0.2) is 0 Å². The lowest BCUT2D eigenvalue weighted by atomic mass is 10.2. The van der Waals surface area contributed by atoms with E-state index in [4.69, 9.17) is 15.6 Å². The van der Waals surface area contributed by atoms with E-state index in [2.05, 4.69) is 5.32 Å². The Morgan fingerprint density at radius 2 is 2.25 bits per heavy atom. The molecule has 0 amide bonds. The largest absolute Gasteiger partial charge is 0.492 e. The number of aliphatic hydroxyl groups excluding tert-OH is 2. The molecule has 0 fully saturated rings. The molecule has 1 unspecified atom stereocenters. The molecule has 0 saturated carbocycles. The van der Waals surface area contributed by atoms with E-state index in [1.165, 1.54) is 0 Å². The number of rotatable bonds is 6. The van der Waals surface area contributed by atoms with Gasteiger partial charge >= 0.3 is 0 Å². The van der Waals surface area contributed by atoms with Crippen LogP contribution >= 0.6 is 0 Å². The summed E-state index contributed by atoms with van der Waals surface area (Å²) in [5.41, 5.74) is 7.09. The van der Waals surface area contributed by atoms with Crippen LogP contribution in [0.4, 0.5) is 11.4 Å². The van der Waals surface area contributed by atoms with Crippen molar-refractivity contribution < 1.29 is 14.9 Å². The Morgan fingerprint density at radius 1 is 1.50 bits per heavy atom. The second-order valence-corrected chi connectivity index (χ2v) is 3.40. The monoisotopic (exact) mass is 226 g/mol. The smallest absolute Gasteiger partial charge is 0.144 e. The molecule has 1 atom stereocenters. The first-order valence-corrected chi connectivity index (χ1v) is 5.22. The van der Waals surface area contributed by atoms with Crippen molar-refractivity contribution in [3.63, 3.8) is 0 Å². The average molecular weight is 226 g/mol. The van der Waals surface area contributed by atoms with E-state index in [0.717, 1.165) is 5.69 Å². The molecule has 16 heavy (non-hydrogen) atoms. The van der Waals surface area contributed by atoms with Gasteiger partial charge in [-0.3, -0.25) is 0 Å². The van der Waals surface area contributed by atoms with Gasteiger partial charge in [0.1, 0.15) is 5.75 Å². The van der Waals surface area contributed by atoms with Crippen molar-refractivity contribution in [2.24, 2.45) is 0 Å². The van der Waals surface area contributed by atoms with Gasteiger partial charge in [-0.2, -0.15) is 0 Å². The minimum Gasteiger partial charge on any atom is -0.492 e. The maximum atomic E-state index is 9.18. The number of nitrogen functional groups attached to an aromatic ring is 1. The van der Waals surface area contributed by atoms with Gasteiger partial charge in [-0.1, -0.05) is 0 Å². The van der Waals surface area contributed by atoms with Crippen molar-refractivity contribution in [3.05, 3.63) is 18.2 Å². The minimum atomic E-state index is -0.770. The molecule has 5 nitrogen and oxygen atoms in total. The van der Waals surface area contributed by atoms with Crippen LogP contribution in [0.1, 0.15) is 6.92 Å². The van der Waals surface area contributed by atoms with Crippen molar-refractivity contribution in [3.8, 4) is 5.75 Å². The van der Waals surface area contributed by atoms with Crippen molar-refractivity contribution in [1.29, 1.82) is 0 Å². The molecular weight excluding hydrogens is 208 g/mol. The average Bonchev–Trinajstić information content (AvgIpc) is 2.30. The van der Waals surface area contributed by atoms with Crippen LogP contribution in [0, 0.1) is 0 Å². The third-order valence-corrected chi connectivity index (χ3v) is 2.07. The maximum absolute atomic E-state index is 9.18.